The van der Waals surface area contributed by atoms with Crippen LogP contribution in [0.15, 0.2) is 53.6 Å². The zero-order chi connectivity index (χ0) is 9.80. The Balaban J connectivity index is 2.29. The predicted molar refractivity (Wildman–Crippen MR) is 61.2 cm³/mol. The number of hydrogen-bond donors (Lipinski definition) is 0. The Kier molecular flexibility index (Phi) is 2.59. The summed E-state index contributed by atoms with van der Waals surface area (Å²) in [5.41, 5.74) is 3.42. The Morgan fingerprint density at radius 2 is 2.00 bits per heavy atom. The van der Waals surface area contributed by atoms with E-state index in [1.54, 1.807) is 0 Å². The summed E-state index contributed by atoms with van der Waals surface area (Å²) >= 11 is 0. The van der Waals surface area contributed by atoms with Gasteiger partial charge in [-0.3, -0.25) is 4.99 Å². The molecule has 2 rings (SSSR count). The normalized spacial score (nSPS) is 17.6. The maximum absolute atomic E-state index is 4.60. The maximum atomic E-state index is 4.60. The van der Waals surface area contributed by atoms with Crippen LogP contribution in [0.4, 0.5) is 5.69 Å². The Hall–Kier alpha value is -1.63. The summed E-state index contributed by atoms with van der Waals surface area (Å²) in [4.78, 5) is 4.60. The van der Waals surface area contributed by atoms with E-state index in [1.165, 1.54) is 5.56 Å². The monoisotopic (exact) mass is 183 g/mol. The van der Waals surface area contributed by atoms with Gasteiger partial charge in [0.15, 0.2) is 0 Å². The van der Waals surface area contributed by atoms with Crippen molar-refractivity contribution in [2.75, 3.05) is 0 Å². The smallest absolute Gasteiger partial charge is 0.0662 e. The topological polar surface area (TPSA) is 12.4 Å². The molecule has 0 unspecified atom stereocenters. The van der Waals surface area contributed by atoms with Crippen molar-refractivity contribution >= 4 is 11.4 Å². The minimum Gasteiger partial charge on any atom is -0.253 e. The van der Waals surface area contributed by atoms with Gasteiger partial charge < -0.3 is 0 Å². The van der Waals surface area contributed by atoms with Gasteiger partial charge >= 0.3 is 0 Å². The van der Waals surface area contributed by atoms with Crippen LogP contribution in [-0.4, -0.2) is 5.71 Å². The predicted octanol–water partition coefficient (Wildman–Crippen LogP) is 3.58. The number of rotatable bonds is 1. The van der Waals surface area contributed by atoms with E-state index in [0.717, 1.165) is 17.8 Å². The van der Waals surface area contributed by atoms with E-state index in [1.807, 2.05) is 18.2 Å². The van der Waals surface area contributed by atoms with Gasteiger partial charge in [0.1, 0.15) is 0 Å². The zero-order valence-electron chi connectivity index (χ0n) is 8.27. The SMILES string of the molecule is Cc1ccccc1/N=C1/C=CC=CC1. The van der Waals surface area contributed by atoms with Crippen molar-refractivity contribution < 1.29 is 0 Å². The molecular formula is C13H13N. The molecule has 1 aliphatic carbocycles. The van der Waals surface area contributed by atoms with Crippen LogP contribution in [0.1, 0.15) is 12.0 Å². The summed E-state index contributed by atoms with van der Waals surface area (Å²) in [6.07, 6.45) is 9.20. The Labute approximate surface area is 84.5 Å². The molecular weight excluding hydrogens is 170 g/mol. The summed E-state index contributed by atoms with van der Waals surface area (Å²) in [5.74, 6) is 0. The van der Waals surface area contributed by atoms with E-state index in [9.17, 15) is 0 Å². The molecule has 0 radical (unpaired) electrons. The van der Waals surface area contributed by atoms with Crippen molar-refractivity contribution in [1.29, 1.82) is 0 Å². The summed E-state index contributed by atoms with van der Waals surface area (Å²) in [7, 11) is 0. The third-order valence-electron chi connectivity index (χ3n) is 2.24. The van der Waals surface area contributed by atoms with Crippen LogP contribution in [0, 0.1) is 6.92 Å². The number of aryl methyl sites for hydroxylation is 1. The van der Waals surface area contributed by atoms with E-state index in [-0.39, 0.29) is 0 Å². The van der Waals surface area contributed by atoms with Crippen LogP contribution >= 0.6 is 0 Å². The van der Waals surface area contributed by atoms with E-state index in [4.69, 9.17) is 0 Å². The lowest BCUT2D eigenvalue weighted by atomic mass is 10.1. The fourth-order valence-corrected chi connectivity index (χ4v) is 1.43. The molecule has 1 nitrogen and oxygen atoms in total. The molecule has 0 heterocycles. The average Bonchev–Trinajstić information content (AvgIpc) is 2.23. The number of aliphatic imine (C=N–C) groups is 1. The second kappa shape index (κ2) is 4.05. The van der Waals surface area contributed by atoms with Crippen molar-refractivity contribution in [2.45, 2.75) is 13.3 Å². The van der Waals surface area contributed by atoms with Crippen LogP contribution in [-0.2, 0) is 0 Å². The van der Waals surface area contributed by atoms with Gasteiger partial charge in [-0.25, -0.2) is 0 Å². The molecule has 70 valence electrons. The first-order chi connectivity index (χ1) is 6.86. The van der Waals surface area contributed by atoms with E-state index in [2.05, 4.69) is 42.3 Å². The summed E-state index contributed by atoms with van der Waals surface area (Å²) < 4.78 is 0. The van der Waals surface area contributed by atoms with Gasteiger partial charge in [0.2, 0.25) is 0 Å². The summed E-state index contributed by atoms with van der Waals surface area (Å²) in [6, 6.07) is 8.20. The minimum absolute atomic E-state index is 0.935. The first kappa shape index (κ1) is 8.95. The van der Waals surface area contributed by atoms with E-state index < -0.39 is 0 Å². The standard InChI is InChI=1S/C13H13N/c1-11-7-5-6-10-13(11)14-12-8-3-2-4-9-12/h2-8,10H,9H2,1H3/b14-12-. The van der Waals surface area contributed by atoms with Crippen LogP contribution in [0.3, 0.4) is 0 Å². The van der Waals surface area contributed by atoms with Gasteiger partial charge in [-0.1, -0.05) is 36.4 Å². The molecule has 0 aliphatic heterocycles. The highest BCUT2D eigenvalue weighted by Gasteiger charge is 1.98. The molecule has 1 heteroatoms. The van der Waals surface area contributed by atoms with Crippen LogP contribution in [0.2, 0.25) is 0 Å². The number of para-hydroxylation sites is 1. The number of allylic oxidation sites excluding steroid dienone is 4. The molecule has 1 aromatic rings. The van der Waals surface area contributed by atoms with Crippen molar-refractivity contribution in [3.8, 4) is 0 Å². The fourth-order valence-electron chi connectivity index (χ4n) is 1.43. The molecule has 0 saturated heterocycles. The largest absolute Gasteiger partial charge is 0.253 e. The highest BCUT2D eigenvalue weighted by molar-refractivity contribution is 5.98. The third kappa shape index (κ3) is 1.99. The van der Waals surface area contributed by atoms with Gasteiger partial charge in [0.05, 0.1) is 5.69 Å². The first-order valence-electron chi connectivity index (χ1n) is 4.83. The molecule has 0 aromatic heterocycles. The molecule has 0 N–H and O–H groups in total. The minimum atomic E-state index is 0.935. The Bertz CT molecular complexity index is 411. The molecule has 0 atom stereocenters. The molecule has 1 aliphatic rings. The first-order valence-corrected chi connectivity index (χ1v) is 4.83. The highest BCUT2D eigenvalue weighted by atomic mass is 14.7. The number of benzene rings is 1. The lowest BCUT2D eigenvalue weighted by Gasteiger charge is -2.03. The van der Waals surface area contributed by atoms with Gasteiger partial charge in [-0.05, 0) is 24.6 Å². The summed E-state index contributed by atoms with van der Waals surface area (Å²) in [6.45, 7) is 2.09. The average molecular weight is 183 g/mol. The van der Waals surface area contributed by atoms with Crippen LogP contribution < -0.4 is 0 Å². The zero-order valence-corrected chi connectivity index (χ0v) is 8.27. The van der Waals surface area contributed by atoms with Crippen molar-refractivity contribution in [3.05, 3.63) is 54.1 Å². The van der Waals surface area contributed by atoms with Gasteiger partial charge in [0.25, 0.3) is 0 Å². The second-order valence-corrected chi connectivity index (χ2v) is 3.38. The second-order valence-electron chi connectivity index (χ2n) is 3.38. The Morgan fingerprint density at radius 1 is 1.14 bits per heavy atom. The van der Waals surface area contributed by atoms with Gasteiger partial charge in [-0.15, -0.1) is 0 Å². The van der Waals surface area contributed by atoms with Crippen molar-refractivity contribution in [1.82, 2.24) is 0 Å². The molecule has 0 fully saturated rings. The van der Waals surface area contributed by atoms with Crippen LogP contribution in [0.25, 0.3) is 0 Å². The molecule has 0 saturated carbocycles. The Morgan fingerprint density at radius 3 is 2.71 bits per heavy atom. The van der Waals surface area contributed by atoms with Crippen LogP contribution in [0.5, 0.6) is 0 Å². The third-order valence-corrected chi connectivity index (χ3v) is 2.24. The van der Waals surface area contributed by atoms with Crippen molar-refractivity contribution in [2.24, 2.45) is 4.99 Å². The van der Waals surface area contributed by atoms with Crippen molar-refractivity contribution in [3.63, 3.8) is 0 Å². The van der Waals surface area contributed by atoms with E-state index in [0.29, 0.717) is 0 Å². The lowest BCUT2D eigenvalue weighted by molar-refractivity contribution is 1.35. The maximum Gasteiger partial charge on any atom is 0.0662 e. The molecule has 1 aromatic carbocycles. The number of nitrogens with zero attached hydrogens (tertiary/aromatic N) is 1. The molecule has 0 amide bonds. The fraction of sp³-hybridized carbons (Fsp3) is 0.154. The quantitative estimate of drug-likeness (QED) is 0.631. The van der Waals surface area contributed by atoms with Gasteiger partial charge in [-0.2, -0.15) is 0 Å². The highest BCUT2D eigenvalue weighted by Crippen LogP contribution is 2.18. The molecule has 0 spiro atoms. The number of hydrogen-bond acceptors (Lipinski definition) is 1. The molecule has 14 heavy (non-hydrogen) atoms. The summed E-state index contributed by atoms with van der Waals surface area (Å²) in [5, 5.41) is 0. The lowest BCUT2D eigenvalue weighted by Crippen LogP contribution is -1.93. The van der Waals surface area contributed by atoms with Gasteiger partial charge in [0, 0.05) is 12.1 Å². The molecule has 0 bridgehead atoms. The van der Waals surface area contributed by atoms with E-state index >= 15 is 0 Å².